The first-order valence-electron chi connectivity index (χ1n) is 5.67. The SMILES string of the molecule is Cc1cc(S(=O)(=O)O)c(C)cc1S(=O)OCCOS(=O)(=O)O. The topological polar surface area (TPSA) is 144 Å². The number of rotatable bonds is 7. The molecule has 1 aromatic carbocycles. The van der Waals surface area contributed by atoms with Crippen molar-refractivity contribution in [3.8, 4) is 0 Å². The molecule has 0 radical (unpaired) electrons. The van der Waals surface area contributed by atoms with Crippen molar-refractivity contribution in [2.75, 3.05) is 13.2 Å². The van der Waals surface area contributed by atoms with E-state index in [1.807, 2.05) is 0 Å². The lowest BCUT2D eigenvalue weighted by Crippen LogP contribution is -2.12. The van der Waals surface area contributed by atoms with Gasteiger partial charge in [-0.3, -0.25) is 13.3 Å². The van der Waals surface area contributed by atoms with Crippen molar-refractivity contribution in [2.45, 2.75) is 23.6 Å². The predicted molar refractivity (Wildman–Crippen MR) is 75.6 cm³/mol. The fourth-order valence-electron chi connectivity index (χ4n) is 1.53. The Bertz CT molecular complexity index is 780. The van der Waals surface area contributed by atoms with E-state index >= 15 is 0 Å². The molecule has 0 fully saturated rings. The Kier molecular flexibility index (Phi) is 6.20. The second-order valence-electron chi connectivity index (χ2n) is 4.16. The van der Waals surface area contributed by atoms with Crippen LogP contribution in [0, 0.1) is 13.8 Å². The van der Waals surface area contributed by atoms with Crippen LogP contribution in [0.4, 0.5) is 0 Å². The van der Waals surface area contributed by atoms with Crippen LogP contribution in [0.3, 0.4) is 0 Å². The minimum Gasteiger partial charge on any atom is -0.284 e. The quantitative estimate of drug-likeness (QED) is 0.512. The van der Waals surface area contributed by atoms with Crippen LogP contribution < -0.4 is 0 Å². The molecule has 12 heteroatoms. The first-order valence-corrected chi connectivity index (χ1v) is 9.55. The molecule has 1 atom stereocenters. The van der Waals surface area contributed by atoms with Gasteiger partial charge in [0.25, 0.3) is 10.1 Å². The minimum atomic E-state index is -4.60. The van der Waals surface area contributed by atoms with E-state index in [1.54, 1.807) is 0 Å². The molecule has 0 bridgehead atoms. The Morgan fingerprint density at radius 3 is 2.14 bits per heavy atom. The maximum absolute atomic E-state index is 11.9. The smallest absolute Gasteiger partial charge is 0.284 e. The molecule has 1 rings (SSSR count). The number of hydrogen-bond acceptors (Lipinski definition) is 7. The largest absolute Gasteiger partial charge is 0.397 e. The Hall–Kier alpha value is -0.890. The zero-order valence-corrected chi connectivity index (χ0v) is 14.0. The zero-order valence-electron chi connectivity index (χ0n) is 11.5. The van der Waals surface area contributed by atoms with Crippen LogP contribution in [0.15, 0.2) is 21.9 Å². The van der Waals surface area contributed by atoms with Gasteiger partial charge in [-0.25, -0.2) is 8.39 Å². The molecular formula is C10H14O9S3. The number of aryl methyl sites for hydroxylation is 2. The molecule has 0 aliphatic carbocycles. The van der Waals surface area contributed by atoms with Gasteiger partial charge in [-0.2, -0.15) is 16.8 Å². The molecule has 126 valence electrons. The van der Waals surface area contributed by atoms with Crippen molar-refractivity contribution >= 4 is 31.6 Å². The number of benzene rings is 1. The second kappa shape index (κ2) is 7.12. The first-order chi connectivity index (χ1) is 9.92. The van der Waals surface area contributed by atoms with Crippen LogP contribution in [-0.2, 0) is 40.0 Å². The van der Waals surface area contributed by atoms with Gasteiger partial charge >= 0.3 is 10.4 Å². The fourth-order valence-corrected chi connectivity index (χ4v) is 3.54. The summed E-state index contributed by atoms with van der Waals surface area (Å²) in [6.07, 6.45) is 0. The third-order valence-electron chi connectivity index (χ3n) is 2.44. The van der Waals surface area contributed by atoms with Gasteiger partial charge in [0.05, 0.1) is 23.0 Å². The first kappa shape index (κ1) is 19.2. The van der Waals surface area contributed by atoms with Crippen LogP contribution in [0.25, 0.3) is 0 Å². The fraction of sp³-hybridized carbons (Fsp3) is 0.400. The molecule has 0 saturated heterocycles. The van der Waals surface area contributed by atoms with Crippen molar-refractivity contribution in [3.63, 3.8) is 0 Å². The van der Waals surface area contributed by atoms with Crippen LogP contribution in [0.2, 0.25) is 0 Å². The van der Waals surface area contributed by atoms with Crippen molar-refractivity contribution < 1.29 is 38.5 Å². The molecule has 0 spiro atoms. The van der Waals surface area contributed by atoms with E-state index in [0.717, 1.165) is 6.07 Å². The van der Waals surface area contributed by atoms with E-state index in [0.29, 0.717) is 5.56 Å². The molecule has 0 aliphatic rings. The molecule has 1 aromatic rings. The maximum atomic E-state index is 11.9. The molecule has 0 aliphatic heterocycles. The van der Waals surface area contributed by atoms with Crippen LogP contribution in [0.5, 0.6) is 0 Å². The Balaban J connectivity index is 2.85. The van der Waals surface area contributed by atoms with Crippen LogP contribution in [0.1, 0.15) is 11.1 Å². The van der Waals surface area contributed by atoms with E-state index in [1.165, 1.54) is 19.9 Å². The van der Waals surface area contributed by atoms with Gasteiger partial charge in [0.2, 0.25) is 0 Å². The van der Waals surface area contributed by atoms with Crippen molar-refractivity contribution in [1.82, 2.24) is 0 Å². The normalized spacial score (nSPS) is 14.0. The van der Waals surface area contributed by atoms with Gasteiger partial charge < -0.3 is 0 Å². The monoisotopic (exact) mass is 374 g/mol. The lowest BCUT2D eigenvalue weighted by molar-refractivity contribution is 0.212. The highest BCUT2D eigenvalue weighted by atomic mass is 32.3. The van der Waals surface area contributed by atoms with Crippen molar-refractivity contribution in [2.24, 2.45) is 0 Å². The highest BCUT2D eigenvalue weighted by molar-refractivity contribution is 7.86. The standard InChI is InChI=1S/C10H14O9S3/c1-7-6-10(21(12,13)14)8(2)5-9(7)20(11)18-3-4-19-22(15,16)17/h5-6H,3-4H2,1-2H3,(H,12,13,14)(H,15,16,17). The highest BCUT2D eigenvalue weighted by Crippen LogP contribution is 2.23. The molecule has 9 nitrogen and oxygen atoms in total. The summed E-state index contributed by atoms with van der Waals surface area (Å²) in [5.41, 5.74) is 0.474. The molecule has 0 amide bonds. The summed E-state index contributed by atoms with van der Waals surface area (Å²) in [5.74, 6) is 0. The Labute approximate surface area is 130 Å². The van der Waals surface area contributed by atoms with Gasteiger partial charge in [0.1, 0.15) is 0 Å². The van der Waals surface area contributed by atoms with Gasteiger partial charge in [-0.1, -0.05) is 0 Å². The van der Waals surface area contributed by atoms with Crippen molar-refractivity contribution in [3.05, 3.63) is 23.3 Å². The average Bonchev–Trinajstić information content (AvgIpc) is 2.34. The summed E-state index contributed by atoms with van der Waals surface area (Å²) in [6, 6.07) is 2.42. The molecule has 2 N–H and O–H groups in total. The molecular weight excluding hydrogens is 360 g/mol. The van der Waals surface area contributed by atoms with Gasteiger partial charge in [0, 0.05) is 0 Å². The maximum Gasteiger partial charge on any atom is 0.397 e. The summed E-state index contributed by atoms with van der Waals surface area (Å²) in [6.45, 7) is 1.96. The van der Waals surface area contributed by atoms with E-state index in [-0.39, 0.29) is 22.0 Å². The van der Waals surface area contributed by atoms with Gasteiger partial charge in [-0.15, -0.1) is 0 Å². The van der Waals surface area contributed by atoms with Crippen molar-refractivity contribution in [1.29, 1.82) is 0 Å². The van der Waals surface area contributed by atoms with E-state index < -0.39 is 38.2 Å². The summed E-state index contributed by atoms with van der Waals surface area (Å²) in [7, 11) is -8.99. The third kappa shape index (κ3) is 5.72. The van der Waals surface area contributed by atoms with E-state index in [4.69, 9.17) is 13.3 Å². The molecule has 0 heterocycles. The summed E-state index contributed by atoms with van der Waals surface area (Å²) >= 11 is -2.00. The molecule has 1 unspecified atom stereocenters. The summed E-state index contributed by atoms with van der Waals surface area (Å²) < 4.78 is 81.0. The summed E-state index contributed by atoms with van der Waals surface area (Å²) in [4.78, 5) is -0.141. The third-order valence-corrected chi connectivity index (χ3v) is 5.08. The Morgan fingerprint density at radius 1 is 1.05 bits per heavy atom. The van der Waals surface area contributed by atoms with Gasteiger partial charge in [0.15, 0.2) is 11.1 Å². The summed E-state index contributed by atoms with van der Waals surface area (Å²) in [5, 5.41) is 0. The lowest BCUT2D eigenvalue weighted by atomic mass is 10.2. The average molecular weight is 374 g/mol. The van der Waals surface area contributed by atoms with Gasteiger partial charge in [-0.05, 0) is 37.1 Å². The van der Waals surface area contributed by atoms with E-state index in [9.17, 15) is 21.0 Å². The molecule has 22 heavy (non-hydrogen) atoms. The van der Waals surface area contributed by atoms with Crippen LogP contribution >= 0.6 is 0 Å². The minimum absolute atomic E-state index is 0.164. The Morgan fingerprint density at radius 2 is 1.64 bits per heavy atom. The lowest BCUT2D eigenvalue weighted by Gasteiger charge is -2.10. The number of hydrogen-bond donors (Lipinski definition) is 2. The predicted octanol–water partition coefficient (Wildman–Crippen LogP) is 0.409. The van der Waals surface area contributed by atoms with E-state index in [2.05, 4.69) is 4.18 Å². The molecule has 0 aromatic heterocycles. The highest BCUT2D eigenvalue weighted by Gasteiger charge is 2.18. The second-order valence-corrected chi connectivity index (χ2v) is 7.79. The zero-order chi connectivity index (χ0) is 17.1. The molecule has 0 saturated carbocycles. The van der Waals surface area contributed by atoms with Crippen LogP contribution in [-0.4, -0.2) is 43.4 Å².